The van der Waals surface area contributed by atoms with Crippen molar-refractivity contribution < 1.29 is 32.6 Å². The van der Waals surface area contributed by atoms with E-state index < -0.39 is 23.6 Å². The quantitative estimate of drug-likeness (QED) is 0.217. The number of carbonyl (C=O) groups excluding carboxylic acids is 3. The number of benzene rings is 2. The van der Waals surface area contributed by atoms with Crippen molar-refractivity contribution in [3.63, 3.8) is 0 Å². The summed E-state index contributed by atoms with van der Waals surface area (Å²) < 4.78 is 46.6. The number of imide groups is 1. The van der Waals surface area contributed by atoms with Crippen LogP contribution in [0.1, 0.15) is 61.0 Å². The second kappa shape index (κ2) is 16.3. The Morgan fingerprint density at radius 2 is 1.61 bits per heavy atom. The molecule has 0 spiro atoms. The summed E-state index contributed by atoms with van der Waals surface area (Å²) in [6.07, 6.45) is 5.68. The first kappa shape index (κ1) is 40.0. The highest BCUT2D eigenvalue weighted by molar-refractivity contribution is 6.05. The van der Waals surface area contributed by atoms with Gasteiger partial charge in [0.05, 0.1) is 35.1 Å². The summed E-state index contributed by atoms with van der Waals surface area (Å²) in [4.78, 5) is 53.9. The molecule has 17 heteroatoms. The van der Waals surface area contributed by atoms with E-state index in [0.29, 0.717) is 66.4 Å². The third kappa shape index (κ3) is 7.82. The van der Waals surface area contributed by atoms with Gasteiger partial charge in [0, 0.05) is 101 Å². The molecule has 3 saturated heterocycles. The zero-order valence-corrected chi connectivity index (χ0v) is 34.9. The minimum absolute atomic E-state index is 0.0786. The van der Waals surface area contributed by atoms with E-state index >= 15 is 8.78 Å². The minimum Gasteiger partial charge on any atom is -0.480 e. The van der Waals surface area contributed by atoms with E-state index in [1.54, 1.807) is 27.9 Å². The third-order valence-electron chi connectivity index (χ3n) is 13.3. The van der Waals surface area contributed by atoms with E-state index in [1.807, 2.05) is 20.0 Å². The van der Waals surface area contributed by atoms with E-state index in [4.69, 9.17) is 19.4 Å². The van der Waals surface area contributed by atoms with Crippen LogP contribution in [0.2, 0.25) is 0 Å². The summed E-state index contributed by atoms with van der Waals surface area (Å²) in [5.74, 6) is -0.846. The number of nitrogens with one attached hydrogen (secondary N) is 2. The molecule has 3 aromatic heterocycles. The molecule has 2 N–H and O–H groups in total. The second-order valence-corrected chi connectivity index (χ2v) is 17.4. The second-order valence-electron chi connectivity index (χ2n) is 17.4. The first-order chi connectivity index (χ1) is 30.0. The van der Waals surface area contributed by atoms with Crippen LogP contribution < -0.4 is 29.9 Å². The highest BCUT2D eigenvalue weighted by Gasteiger charge is 2.33. The lowest BCUT2D eigenvalue weighted by Gasteiger charge is -2.44. The maximum atomic E-state index is 15.4. The number of nitrogens with zero attached hydrogens (tertiary/aromatic N) is 8. The van der Waals surface area contributed by atoms with Gasteiger partial charge in [-0.1, -0.05) is 0 Å². The van der Waals surface area contributed by atoms with Crippen LogP contribution in [-0.4, -0.2) is 105 Å². The van der Waals surface area contributed by atoms with Crippen molar-refractivity contribution in [3.8, 4) is 22.9 Å². The molecule has 5 aromatic rings. The predicted molar refractivity (Wildman–Crippen MR) is 227 cm³/mol. The van der Waals surface area contributed by atoms with Gasteiger partial charge in [-0.2, -0.15) is 5.10 Å². The number of aryl methyl sites for hydroxylation is 2. The van der Waals surface area contributed by atoms with E-state index in [9.17, 15) is 14.4 Å². The van der Waals surface area contributed by atoms with Crippen molar-refractivity contribution >= 4 is 46.1 Å². The zero-order chi connectivity index (χ0) is 42.6. The third-order valence-corrected chi connectivity index (χ3v) is 13.3. The Bertz CT molecular complexity index is 2540. The van der Waals surface area contributed by atoms with Gasteiger partial charge in [-0.3, -0.25) is 34.9 Å². The van der Waals surface area contributed by atoms with Gasteiger partial charge in [0.1, 0.15) is 11.4 Å². The van der Waals surface area contributed by atoms with Gasteiger partial charge in [-0.15, -0.1) is 0 Å². The van der Waals surface area contributed by atoms with Crippen molar-refractivity contribution in [1.29, 1.82) is 0 Å². The number of rotatable bonds is 5. The van der Waals surface area contributed by atoms with Gasteiger partial charge >= 0.3 is 0 Å². The molecule has 62 heavy (non-hydrogen) atoms. The molecule has 1 saturated carbocycles. The molecule has 0 radical (unpaired) electrons. The summed E-state index contributed by atoms with van der Waals surface area (Å²) >= 11 is 0. The lowest BCUT2D eigenvalue weighted by molar-refractivity contribution is -0.138. The van der Waals surface area contributed by atoms with E-state index in [0.717, 1.165) is 99.2 Å². The van der Waals surface area contributed by atoms with Crippen molar-refractivity contribution in [2.75, 3.05) is 61.0 Å². The number of carbonyl (C=O) groups is 3. The van der Waals surface area contributed by atoms with Crippen LogP contribution in [0, 0.1) is 30.4 Å². The Labute approximate surface area is 357 Å². The predicted octanol–water partition coefficient (Wildman–Crippen LogP) is 5.45. The highest BCUT2D eigenvalue weighted by atomic mass is 19.1. The number of piperazine rings is 1. The first-order valence-corrected chi connectivity index (χ1v) is 21.7. The normalized spacial score (nSPS) is 22.6. The van der Waals surface area contributed by atoms with Crippen LogP contribution in [0.15, 0.2) is 48.7 Å². The van der Waals surface area contributed by atoms with Gasteiger partial charge in [-0.05, 0) is 81.2 Å². The van der Waals surface area contributed by atoms with Crippen LogP contribution >= 0.6 is 0 Å². The molecule has 1 aliphatic carbocycles. The Hall–Kier alpha value is -6.10. The van der Waals surface area contributed by atoms with Crippen LogP contribution in [-0.2, 0) is 23.2 Å². The molecular formula is C45H50F2N10O5. The van der Waals surface area contributed by atoms with Crippen molar-refractivity contribution in [1.82, 2.24) is 34.5 Å². The number of hydrogen-bond donors (Lipinski definition) is 2. The lowest BCUT2D eigenvalue weighted by Crippen LogP contribution is -2.53. The van der Waals surface area contributed by atoms with Crippen LogP contribution in [0.5, 0.6) is 11.6 Å². The molecule has 7 heterocycles. The van der Waals surface area contributed by atoms with Gasteiger partial charge < -0.3 is 23.8 Å². The number of imidazole rings is 1. The molecule has 324 valence electrons. The summed E-state index contributed by atoms with van der Waals surface area (Å²) in [5.41, 5.74) is 5.41. The molecular weight excluding hydrogens is 799 g/mol. The standard InChI is InChI=1S/C45H50F2N10O5/c1-26-17-29-19-37(49-26)33-23-48-53(2)44(33)61-25-28-4-3-27(18-28)24-57-38-20-31(5-6-36(38)50-45(57)52-42(29)59)55-15-13-54(14-16-55)30-9-11-56(12-10-30)41-34(46)21-32(22-35(41)47)62-39-7-8-40(58)51-43(39)60/h5-6,17,19-23,27-28,30,39H,3-4,7-16,18,24-25H2,1-2H3,(H,50,52,59)(H,51,58,60)/t27-,28+,39?/m1/s1. The molecule has 5 aliphatic rings. The van der Waals surface area contributed by atoms with E-state index in [-0.39, 0.29) is 36.1 Å². The number of halogens is 2. The SMILES string of the molecule is Cc1cc2cc(n1)-c1cnn(C)c1OC[C@H]1CC[C@H](C1)Cn1c(nc3ccc(N4CCN(C5CCN(c6c(F)cc(OC7CCC(=O)NC7=O)cc6F)CC5)CC4)cc31)NC2=O. The van der Waals surface area contributed by atoms with Gasteiger partial charge in [0.25, 0.3) is 11.8 Å². The molecule has 4 fully saturated rings. The number of amides is 3. The summed E-state index contributed by atoms with van der Waals surface area (Å²) in [7, 11) is 1.86. The van der Waals surface area contributed by atoms with E-state index in [1.165, 1.54) is 0 Å². The van der Waals surface area contributed by atoms with Crippen molar-refractivity contribution in [3.05, 3.63) is 71.6 Å². The molecule has 15 nitrogen and oxygen atoms in total. The van der Waals surface area contributed by atoms with Gasteiger partial charge in [-0.25, -0.2) is 18.4 Å². The summed E-state index contributed by atoms with van der Waals surface area (Å²) in [6, 6.07) is 12.5. The molecule has 10 rings (SSSR count). The smallest absolute Gasteiger partial charge is 0.267 e. The van der Waals surface area contributed by atoms with Crippen LogP contribution in [0.3, 0.4) is 0 Å². The van der Waals surface area contributed by atoms with Gasteiger partial charge in [0.2, 0.25) is 17.7 Å². The molecule has 3 atom stereocenters. The van der Waals surface area contributed by atoms with Crippen LogP contribution in [0.4, 0.5) is 26.1 Å². The Morgan fingerprint density at radius 1 is 0.839 bits per heavy atom. The fourth-order valence-electron chi connectivity index (χ4n) is 10.1. The average molecular weight is 849 g/mol. The minimum atomic E-state index is -0.976. The number of aromatic nitrogens is 5. The summed E-state index contributed by atoms with van der Waals surface area (Å²) in [5, 5.41) is 9.81. The molecule has 2 aromatic carbocycles. The number of anilines is 3. The summed E-state index contributed by atoms with van der Waals surface area (Å²) in [6.45, 7) is 7.57. The lowest BCUT2D eigenvalue weighted by atomic mass is 10.0. The number of pyridine rings is 1. The number of hydrogen-bond acceptors (Lipinski definition) is 11. The molecule has 4 bridgehead atoms. The zero-order valence-electron chi connectivity index (χ0n) is 34.9. The molecule has 3 amide bonds. The topological polar surface area (TPSA) is 152 Å². The maximum absolute atomic E-state index is 15.4. The van der Waals surface area contributed by atoms with Crippen molar-refractivity contribution in [2.45, 2.75) is 70.6 Å². The number of fused-ring (bicyclic) bond motifs is 9. The maximum Gasteiger partial charge on any atom is 0.267 e. The Morgan fingerprint density at radius 3 is 2.39 bits per heavy atom. The molecule has 1 unspecified atom stereocenters. The Balaban J connectivity index is 0.813. The monoisotopic (exact) mass is 848 g/mol. The fourth-order valence-corrected chi connectivity index (χ4v) is 10.1. The average Bonchev–Trinajstić information content (AvgIpc) is 3.97. The number of ether oxygens (including phenoxy) is 2. The van der Waals surface area contributed by atoms with Crippen molar-refractivity contribution in [2.24, 2.45) is 18.9 Å². The number of piperidine rings is 2. The Kier molecular flexibility index (Phi) is 10.5. The van der Waals surface area contributed by atoms with Crippen LogP contribution in [0.25, 0.3) is 22.3 Å². The molecule has 4 aliphatic heterocycles. The first-order valence-electron chi connectivity index (χ1n) is 21.7. The largest absolute Gasteiger partial charge is 0.480 e. The highest BCUT2D eigenvalue weighted by Crippen LogP contribution is 2.38. The van der Waals surface area contributed by atoms with Gasteiger partial charge in [0.15, 0.2) is 17.7 Å². The fraction of sp³-hybridized carbons (Fsp3) is 0.467. The van der Waals surface area contributed by atoms with E-state index in [2.05, 4.69) is 42.2 Å².